The minimum Gasteiger partial charge on any atom is -0.493 e. The van der Waals surface area contributed by atoms with Crippen LogP contribution < -0.4 is 0 Å². The molecule has 1 aliphatic heterocycles. The first kappa shape index (κ1) is 7.49. The summed E-state index contributed by atoms with van der Waals surface area (Å²) in [4.78, 5) is 22.5. The number of fused-ring (bicyclic) bond motifs is 1. The molecule has 0 radical (unpaired) electrons. The second kappa shape index (κ2) is 1.95. The summed E-state index contributed by atoms with van der Waals surface area (Å²) in [7, 11) is 1.36. The van der Waals surface area contributed by atoms with Gasteiger partial charge in [0.25, 0.3) is 0 Å². The fraction of sp³-hybridized carbons (Fsp3) is 0.500. The average molecular weight is 168 g/mol. The molecule has 2 rings (SSSR count). The number of epoxide rings is 1. The van der Waals surface area contributed by atoms with Crippen LogP contribution in [0.3, 0.4) is 0 Å². The van der Waals surface area contributed by atoms with Crippen molar-refractivity contribution in [1.82, 2.24) is 0 Å². The number of ketones is 2. The van der Waals surface area contributed by atoms with Crippen LogP contribution in [0.5, 0.6) is 0 Å². The highest BCUT2D eigenvalue weighted by molar-refractivity contribution is 6.17. The van der Waals surface area contributed by atoms with E-state index >= 15 is 0 Å². The third-order valence-electron chi connectivity index (χ3n) is 2.23. The minimum absolute atomic E-state index is 0.0938. The molecule has 4 nitrogen and oxygen atoms in total. The van der Waals surface area contributed by atoms with E-state index in [9.17, 15) is 9.59 Å². The molecule has 1 fully saturated rings. The molecule has 2 atom stereocenters. The summed E-state index contributed by atoms with van der Waals surface area (Å²) in [5.41, 5.74) is -0.933. The van der Waals surface area contributed by atoms with E-state index in [1.807, 2.05) is 0 Å². The Labute approximate surface area is 69.1 Å². The van der Waals surface area contributed by atoms with Crippen molar-refractivity contribution < 1.29 is 19.1 Å². The molecule has 2 aliphatic rings. The summed E-state index contributed by atoms with van der Waals surface area (Å²) in [6, 6.07) is 0. The van der Waals surface area contributed by atoms with Gasteiger partial charge in [0.15, 0.2) is 23.2 Å². The minimum atomic E-state index is -0.933. The molecule has 0 bridgehead atoms. The predicted octanol–water partition coefficient (Wildman–Crippen LogP) is -0.174. The van der Waals surface area contributed by atoms with Crippen LogP contribution in [0.2, 0.25) is 0 Å². The zero-order chi connectivity index (χ0) is 8.93. The fourth-order valence-electron chi connectivity index (χ4n) is 1.38. The highest BCUT2D eigenvalue weighted by atomic mass is 16.6. The maximum absolute atomic E-state index is 11.4. The monoisotopic (exact) mass is 168 g/mol. The summed E-state index contributed by atoms with van der Waals surface area (Å²) in [5.74, 6) is -0.334. The molecule has 1 saturated heterocycles. The number of ether oxygens (including phenoxy) is 2. The lowest BCUT2D eigenvalue weighted by Crippen LogP contribution is -2.33. The van der Waals surface area contributed by atoms with E-state index < -0.39 is 11.7 Å². The molecule has 0 aromatic carbocycles. The van der Waals surface area contributed by atoms with Gasteiger partial charge < -0.3 is 9.47 Å². The summed E-state index contributed by atoms with van der Waals surface area (Å²) in [6.07, 6.45) is 0.630. The van der Waals surface area contributed by atoms with Gasteiger partial charge in [-0.2, -0.15) is 0 Å². The van der Waals surface area contributed by atoms with Gasteiger partial charge in [-0.3, -0.25) is 9.59 Å². The predicted molar refractivity (Wildman–Crippen MR) is 38.4 cm³/mol. The average Bonchev–Trinajstić information content (AvgIpc) is 2.73. The standard InChI is InChI=1S/C8H8O4/c1-8-6(10)5(11-2)3-4(9)7(8)12-8/h3,7H,1-2H3. The molecule has 0 saturated carbocycles. The summed E-state index contributed by atoms with van der Waals surface area (Å²) < 4.78 is 9.74. The molecule has 2 unspecified atom stereocenters. The van der Waals surface area contributed by atoms with Crippen molar-refractivity contribution in [3.8, 4) is 0 Å². The van der Waals surface area contributed by atoms with Crippen molar-refractivity contribution in [1.29, 1.82) is 0 Å². The highest BCUT2D eigenvalue weighted by Crippen LogP contribution is 2.42. The second-order valence-corrected chi connectivity index (χ2v) is 3.05. The van der Waals surface area contributed by atoms with Crippen molar-refractivity contribution in [3.05, 3.63) is 11.8 Å². The zero-order valence-corrected chi connectivity index (χ0v) is 6.79. The molecule has 64 valence electrons. The largest absolute Gasteiger partial charge is 0.493 e. The van der Waals surface area contributed by atoms with E-state index in [1.54, 1.807) is 6.92 Å². The number of carbonyl (C=O) groups excluding carboxylic acids is 2. The van der Waals surface area contributed by atoms with Gasteiger partial charge in [-0.05, 0) is 6.92 Å². The van der Waals surface area contributed by atoms with E-state index in [2.05, 4.69) is 0 Å². The maximum atomic E-state index is 11.4. The second-order valence-electron chi connectivity index (χ2n) is 3.05. The Balaban J connectivity index is 2.40. The van der Waals surface area contributed by atoms with Crippen LogP contribution in [0.1, 0.15) is 6.92 Å². The Morgan fingerprint density at radius 1 is 1.58 bits per heavy atom. The lowest BCUT2D eigenvalue weighted by molar-refractivity contribution is -0.124. The van der Waals surface area contributed by atoms with E-state index in [0.29, 0.717) is 0 Å². The number of methoxy groups -OCH3 is 1. The van der Waals surface area contributed by atoms with Crippen molar-refractivity contribution in [3.63, 3.8) is 0 Å². The van der Waals surface area contributed by atoms with Gasteiger partial charge in [0.05, 0.1) is 7.11 Å². The lowest BCUT2D eigenvalue weighted by Gasteiger charge is -2.11. The number of carbonyl (C=O) groups is 2. The fourth-order valence-corrected chi connectivity index (χ4v) is 1.38. The number of Topliss-reactive ketones (excluding diaryl/α,β-unsaturated/α-hetero) is 1. The third kappa shape index (κ3) is 0.701. The first-order chi connectivity index (χ1) is 5.59. The number of rotatable bonds is 1. The van der Waals surface area contributed by atoms with Crippen molar-refractivity contribution >= 4 is 11.6 Å². The van der Waals surface area contributed by atoms with Gasteiger partial charge in [0.2, 0.25) is 5.78 Å². The van der Waals surface area contributed by atoms with E-state index in [0.717, 1.165) is 0 Å². The first-order valence-corrected chi connectivity index (χ1v) is 3.62. The normalized spacial score (nSPS) is 38.8. The maximum Gasteiger partial charge on any atom is 0.232 e. The van der Waals surface area contributed by atoms with Crippen LogP contribution in [0.4, 0.5) is 0 Å². The van der Waals surface area contributed by atoms with Gasteiger partial charge >= 0.3 is 0 Å². The van der Waals surface area contributed by atoms with E-state index in [1.165, 1.54) is 13.2 Å². The Kier molecular flexibility index (Phi) is 1.22. The van der Waals surface area contributed by atoms with Crippen LogP contribution in [0.15, 0.2) is 11.8 Å². The molecule has 0 aromatic heterocycles. The van der Waals surface area contributed by atoms with Crippen LogP contribution in [0.25, 0.3) is 0 Å². The van der Waals surface area contributed by atoms with Crippen LogP contribution in [-0.2, 0) is 19.1 Å². The SMILES string of the molecule is COC1=CC(=O)C2OC2(C)C1=O. The van der Waals surface area contributed by atoms with Crippen molar-refractivity contribution in [2.24, 2.45) is 0 Å². The van der Waals surface area contributed by atoms with Gasteiger partial charge in [-0.25, -0.2) is 0 Å². The molecule has 0 aromatic rings. The van der Waals surface area contributed by atoms with Gasteiger partial charge in [0.1, 0.15) is 0 Å². The van der Waals surface area contributed by atoms with Crippen LogP contribution in [0, 0.1) is 0 Å². The molecule has 0 amide bonds. The van der Waals surface area contributed by atoms with Gasteiger partial charge in [0, 0.05) is 6.08 Å². The molecule has 0 N–H and O–H groups in total. The molecule has 4 heteroatoms. The van der Waals surface area contributed by atoms with Crippen LogP contribution in [-0.4, -0.2) is 30.4 Å². The highest BCUT2D eigenvalue weighted by Gasteiger charge is 2.65. The topological polar surface area (TPSA) is 55.9 Å². The van der Waals surface area contributed by atoms with Gasteiger partial charge in [-0.1, -0.05) is 0 Å². The first-order valence-electron chi connectivity index (χ1n) is 3.62. The Hall–Kier alpha value is -1.16. The van der Waals surface area contributed by atoms with Crippen molar-refractivity contribution in [2.45, 2.75) is 18.6 Å². The Bertz CT molecular complexity index is 304. The molecular weight excluding hydrogens is 160 g/mol. The Morgan fingerprint density at radius 3 is 2.83 bits per heavy atom. The molecular formula is C8H8O4. The molecule has 12 heavy (non-hydrogen) atoms. The summed E-state index contributed by atoms with van der Waals surface area (Å²) >= 11 is 0. The van der Waals surface area contributed by atoms with Crippen LogP contribution >= 0.6 is 0 Å². The van der Waals surface area contributed by atoms with Gasteiger partial charge in [-0.15, -0.1) is 0 Å². The van der Waals surface area contributed by atoms with Crippen molar-refractivity contribution in [2.75, 3.05) is 7.11 Å². The van der Waals surface area contributed by atoms with E-state index in [4.69, 9.17) is 9.47 Å². The smallest absolute Gasteiger partial charge is 0.232 e. The third-order valence-corrected chi connectivity index (χ3v) is 2.23. The molecule has 0 spiro atoms. The molecule has 1 heterocycles. The number of hydrogen-bond acceptors (Lipinski definition) is 4. The summed E-state index contributed by atoms with van der Waals surface area (Å²) in [5, 5.41) is 0. The zero-order valence-electron chi connectivity index (χ0n) is 6.79. The number of hydrogen-bond donors (Lipinski definition) is 0. The van der Waals surface area contributed by atoms with E-state index in [-0.39, 0.29) is 17.3 Å². The lowest BCUT2D eigenvalue weighted by atomic mass is 9.92. The summed E-state index contributed by atoms with van der Waals surface area (Å²) in [6.45, 7) is 1.60. The Morgan fingerprint density at radius 2 is 2.25 bits per heavy atom. The quantitative estimate of drug-likeness (QED) is 0.510. The molecule has 1 aliphatic carbocycles.